The Morgan fingerprint density at radius 2 is 1.71 bits per heavy atom. The lowest BCUT2D eigenvalue weighted by Crippen LogP contribution is -2.31. The van der Waals surface area contributed by atoms with E-state index in [1.807, 2.05) is 0 Å². The summed E-state index contributed by atoms with van der Waals surface area (Å²) in [5.41, 5.74) is 6.77. The van der Waals surface area contributed by atoms with Crippen LogP contribution in [0.5, 0.6) is 0 Å². The molecule has 0 radical (unpaired) electrons. The zero-order chi connectivity index (χ0) is 10.7. The molecule has 4 nitrogen and oxygen atoms in total. The van der Waals surface area contributed by atoms with Gasteiger partial charge in [-0.15, -0.1) is 0 Å². The molecule has 2 N–H and O–H groups in total. The Bertz CT molecular complexity index is 357. The number of likely N-dealkylation sites (N-methyl/N-ethyl adjacent to an activating group) is 1. The topological polar surface area (TPSA) is 63.4 Å². The molecule has 0 fully saturated rings. The lowest BCUT2D eigenvalue weighted by molar-refractivity contribution is -0.134. The number of nitrogen functional groups attached to an aromatic ring is 1. The molecule has 0 saturated heterocycles. The van der Waals surface area contributed by atoms with Gasteiger partial charge in [-0.05, 0) is 24.3 Å². The van der Waals surface area contributed by atoms with E-state index in [1.165, 1.54) is 11.8 Å². The minimum Gasteiger partial charge on any atom is -0.399 e. The van der Waals surface area contributed by atoms with Crippen molar-refractivity contribution < 1.29 is 9.59 Å². The molecule has 0 bridgehead atoms. The van der Waals surface area contributed by atoms with Crippen LogP contribution in [-0.2, 0) is 9.59 Å². The monoisotopic (exact) mass is 192 g/mol. The minimum atomic E-state index is -0.533. The van der Waals surface area contributed by atoms with Crippen LogP contribution in [0.25, 0.3) is 0 Å². The number of hydrogen-bond acceptors (Lipinski definition) is 3. The summed E-state index contributed by atoms with van der Waals surface area (Å²) in [6.07, 6.45) is 0. The number of nitrogens with zero attached hydrogens (tertiary/aromatic N) is 1. The van der Waals surface area contributed by atoms with Crippen molar-refractivity contribution in [2.45, 2.75) is 6.92 Å². The Morgan fingerprint density at radius 1 is 1.21 bits per heavy atom. The average Bonchev–Trinajstić information content (AvgIpc) is 2.16. The molecule has 1 aromatic carbocycles. The second-order valence-electron chi connectivity index (χ2n) is 3.01. The first kappa shape index (κ1) is 10.2. The molecule has 14 heavy (non-hydrogen) atoms. The Morgan fingerprint density at radius 3 is 2.14 bits per heavy atom. The largest absolute Gasteiger partial charge is 0.399 e. The Hall–Kier alpha value is -1.84. The van der Waals surface area contributed by atoms with Gasteiger partial charge in [0.05, 0.1) is 0 Å². The molecular formula is C10H12N2O2. The van der Waals surface area contributed by atoms with E-state index < -0.39 is 11.7 Å². The van der Waals surface area contributed by atoms with E-state index in [9.17, 15) is 9.59 Å². The summed E-state index contributed by atoms with van der Waals surface area (Å²) < 4.78 is 0. The maximum Gasteiger partial charge on any atom is 0.293 e. The molecule has 0 aliphatic carbocycles. The van der Waals surface area contributed by atoms with Crippen molar-refractivity contribution in [3.05, 3.63) is 24.3 Å². The summed E-state index contributed by atoms with van der Waals surface area (Å²) in [6.45, 7) is 1.25. The van der Waals surface area contributed by atoms with E-state index in [2.05, 4.69) is 0 Å². The van der Waals surface area contributed by atoms with Crippen LogP contribution >= 0.6 is 0 Å². The highest BCUT2D eigenvalue weighted by atomic mass is 16.2. The number of anilines is 2. The lowest BCUT2D eigenvalue weighted by atomic mass is 10.2. The van der Waals surface area contributed by atoms with Gasteiger partial charge in [-0.25, -0.2) is 0 Å². The molecule has 0 saturated carbocycles. The number of Topliss-reactive ketones (excluding diaryl/α,β-unsaturated/α-hetero) is 1. The SMILES string of the molecule is CC(=O)C(=O)N(C)c1ccc(N)cc1. The van der Waals surface area contributed by atoms with Crippen molar-refractivity contribution in [2.24, 2.45) is 0 Å². The van der Waals surface area contributed by atoms with Crippen molar-refractivity contribution in [1.29, 1.82) is 0 Å². The van der Waals surface area contributed by atoms with Crippen LogP contribution in [0.1, 0.15) is 6.92 Å². The van der Waals surface area contributed by atoms with Gasteiger partial charge in [0.15, 0.2) is 0 Å². The minimum absolute atomic E-state index is 0.482. The lowest BCUT2D eigenvalue weighted by Gasteiger charge is -2.15. The van der Waals surface area contributed by atoms with E-state index in [4.69, 9.17) is 5.73 Å². The van der Waals surface area contributed by atoms with Gasteiger partial charge in [0.25, 0.3) is 5.91 Å². The van der Waals surface area contributed by atoms with Gasteiger partial charge in [-0.3, -0.25) is 9.59 Å². The molecule has 0 unspecified atom stereocenters. The standard InChI is InChI=1S/C10H12N2O2/c1-7(13)10(14)12(2)9-5-3-8(11)4-6-9/h3-6H,11H2,1-2H3. The highest BCUT2D eigenvalue weighted by Crippen LogP contribution is 2.14. The Labute approximate surface area is 82.3 Å². The predicted molar refractivity (Wildman–Crippen MR) is 54.9 cm³/mol. The van der Waals surface area contributed by atoms with Crippen molar-refractivity contribution in [3.8, 4) is 0 Å². The summed E-state index contributed by atoms with van der Waals surface area (Å²) in [5.74, 6) is -1.01. The number of carbonyl (C=O) groups is 2. The van der Waals surface area contributed by atoms with Crippen molar-refractivity contribution in [3.63, 3.8) is 0 Å². The van der Waals surface area contributed by atoms with Crippen LogP contribution in [0.3, 0.4) is 0 Å². The van der Waals surface area contributed by atoms with Crippen LogP contribution in [0.4, 0.5) is 11.4 Å². The smallest absolute Gasteiger partial charge is 0.293 e. The van der Waals surface area contributed by atoms with Gasteiger partial charge in [-0.1, -0.05) is 0 Å². The second-order valence-corrected chi connectivity index (χ2v) is 3.01. The third-order valence-corrected chi connectivity index (χ3v) is 1.89. The molecule has 0 aliphatic heterocycles. The Kier molecular flexibility index (Phi) is 2.86. The quantitative estimate of drug-likeness (QED) is 0.557. The molecule has 4 heteroatoms. The zero-order valence-corrected chi connectivity index (χ0v) is 8.15. The number of rotatable bonds is 2. The maximum atomic E-state index is 11.3. The van der Waals surface area contributed by atoms with Crippen molar-refractivity contribution in [2.75, 3.05) is 17.7 Å². The summed E-state index contributed by atoms with van der Waals surface area (Å²) >= 11 is 0. The van der Waals surface area contributed by atoms with E-state index in [-0.39, 0.29) is 0 Å². The third kappa shape index (κ3) is 2.10. The van der Waals surface area contributed by atoms with Crippen LogP contribution in [0.2, 0.25) is 0 Å². The Balaban J connectivity index is 2.89. The van der Waals surface area contributed by atoms with Gasteiger partial charge in [-0.2, -0.15) is 0 Å². The fourth-order valence-corrected chi connectivity index (χ4v) is 1.05. The normalized spacial score (nSPS) is 9.57. The average molecular weight is 192 g/mol. The van der Waals surface area contributed by atoms with Crippen molar-refractivity contribution >= 4 is 23.1 Å². The first-order valence-electron chi connectivity index (χ1n) is 4.16. The number of amides is 1. The number of nitrogens with two attached hydrogens (primary N) is 1. The number of ketones is 1. The van der Waals surface area contributed by atoms with Crippen LogP contribution in [0.15, 0.2) is 24.3 Å². The van der Waals surface area contributed by atoms with Crippen molar-refractivity contribution in [1.82, 2.24) is 0 Å². The molecule has 1 aromatic rings. The molecule has 0 aliphatic rings. The number of benzene rings is 1. The summed E-state index contributed by atoms with van der Waals surface area (Å²) in [4.78, 5) is 23.4. The second kappa shape index (κ2) is 3.91. The fourth-order valence-electron chi connectivity index (χ4n) is 1.05. The fraction of sp³-hybridized carbons (Fsp3) is 0.200. The highest BCUT2D eigenvalue weighted by molar-refractivity contribution is 6.40. The summed E-state index contributed by atoms with van der Waals surface area (Å²) in [6, 6.07) is 6.74. The summed E-state index contributed by atoms with van der Waals surface area (Å²) in [7, 11) is 1.55. The molecule has 0 aromatic heterocycles. The van der Waals surface area contributed by atoms with Gasteiger partial charge < -0.3 is 10.6 Å². The molecular weight excluding hydrogens is 180 g/mol. The predicted octanol–water partition coefficient (Wildman–Crippen LogP) is 0.821. The van der Waals surface area contributed by atoms with Crippen LogP contribution in [0, 0.1) is 0 Å². The molecule has 1 amide bonds. The molecule has 0 heterocycles. The first-order valence-corrected chi connectivity index (χ1v) is 4.16. The summed E-state index contributed by atoms with van der Waals surface area (Å²) in [5, 5.41) is 0. The van der Waals surface area contributed by atoms with E-state index >= 15 is 0 Å². The van der Waals surface area contributed by atoms with E-state index in [0.29, 0.717) is 11.4 Å². The van der Waals surface area contributed by atoms with Gasteiger partial charge in [0.2, 0.25) is 5.78 Å². The van der Waals surface area contributed by atoms with E-state index in [1.54, 1.807) is 31.3 Å². The molecule has 1 rings (SSSR count). The zero-order valence-electron chi connectivity index (χ0n) is 8.15. The number of carbonyl (C=O) groups excluding carboxylic acids is 2. The first-order chi connectivity index (χ1) is 6.52. The van der Waals surface area contributed by atoms with Crippen LogP contribution < -0.4 is 10.6 Å². The van der Waals surface area contributed by atoms with Gasteiger partial charge in [0.1, 0.15) is 0 Å². The number of hydrogen-bond donors (Lipinski definition) is 1. The van der Waals surface area contributed by atoms with Gasteiger partial charge >= 0.3 is 0 Å². The maximum absolute atomic E-state index is 11.3. The molecule has 0 atom stereocenters. The van der Waals surface area contributed by atoms with E-state index in [0.717, 1.165) is 0 Å². The highest BCUT2D eigenvalue weighted by Gasteiger charge is 2.14. The van der Waals surface area contributed by atoms with Crippen LogP contribution in [-0.4, -0.2) is 18.7 Å². The molecule has 0 spiro atoms. The molecule has 74 valence electrons. The third-order valence-electron chi connectivity index (χ3n) is 1.89. The van der Waals surface area contributed by atoms with Gasteiger partial charge in [0, 0.05) is 25.3 Å².